The largest absolute Gasteiger partial charge is 0.509 e. The number of methoxy groups -OCH3 is 1. The van der Waals surface area contributed by atoms with Gasteiger partial charge in [-0.1, -0.05) is 18.9 Å². The van der Waals surface area contributed by atoms with E-state index in [1.807, 2.05) is 0 Å². The molecule has 3 aromatic rings. The van der Waals surface area contributed by atoms with Crippen molar-refractivity contribution in [1.29, 1.82) is 0 Å². The van der Waals surface area contributed by atoms with Crippen LogP contribution in [0.3, 0.4) is 0 Å². The molecule has 1 aliphatic heterocycles. The number of hydrazine groups is 1. The lowest BCUT2D eigenvalue weighted by molar-refractivity contribution is -0.163. The van der Waals surface area contributed by atoms with Gasteiger partial charge in [0, 0.05) is 24.7 Å². The number of hydrogen-bond donors (Lipinski definition) is 2. The van der Waals surface area contributed by atoms with Crippen LogP contribution in [0.25, 0.3) is 11.3 Å². The van der Waals surface area contributed by atoms with E-state index in [0.29, 0.717) is 37.4 Å². The third kappa shape index (κ3) is 8.49. The Balaban J connectivity index is 1.46. The summed E-state index contributed by atoms with van der Waals surface area (Å²) in [5, 5.41) is 16.0. The number of alkyl halides is 6. The zero-order chi connectivity index (χ0) is 40.5. The molecule has 55 heavy (non-hydrogen) atoms. The molecule has 1 aliphatic carbocycles. The third-order valence-electron chi connectivity index (χ3n) is 9.40. The highest BCUT2D eigenvalue weighted by Gasteiger charge is 2.53. The van der Waals surface area contributed by atoms with E-state index < -0.39 is 99.1 Å². The van der Waals surface area contributed by atoms with Gasteiger partial charge in [-0.3, -0.25) is 24.3 Å². The number of nitrogens with one attached hydrogen (secondary N) is 1. The summed E-state index contributed by atoms with van der Waals surface area (Å²) < 4.78 is 122. The summed E-state index contributed by atoms with van der Waals surface area (Å²) in [6, 6.07) is 4.41. The molecule has 0 atom stereocenters. The van der Waals surface area contributed by atoms with E-state index in [1.165, 1.54) is 24.1 Å². The van der Waals surface area contributed by atoms with Crippen LogP contribution < -0.4 is 10.1 Å². The van der Waals surface area contributed by atoms with Crippen LogP contribution in [0.15, 0.2) is 54.1 Å². The standard InChI is InChI=1S/C35H34F8N6O6/c1-47(17-26(50)54-3)12-13-55-24-9-6-19(28(36)29(24)37)16-49-32(53)27(30(51)33(48(49)2)10-4-5-11-33)31(52)46-22-8-7-20(34(38,39)40)14-21(22)23-15-25(35(41,42)43)45-18-44-23/h6-9,14-15,18,51H,4-5,10-13,16-17H2,1-3H3,(H,46,52). The Morgan fingerprint density at radius 3 is 2.33 bits per heavy atom. The van der Waals surface area contributed by atoms with Gasteiger partial charge in [-0.05, 0) is 50.2 Å². The lowest BCUT2D eigenvalue weighted by atomic mass is 9.88. The van der Waals surface area contributed by atoms with Gasteiger partial charge in [0.1, 0.15) is 30.0 Å². The molecule has 0 radical (unpaired) electrons. The molecule has 1 saturated carbocycles. The van der Waals surface area contributed by atoms with Crippen LogP contribution in [-0.2, 0) is 38.0 Å². The maximum atomic E-state index is 15.5. The third-order valence-corrected chi connectivity index (χ3v) is 9.40. The maximum Gasteiger partial charge on any atom is 0.433 e. The smallest absolute Gasteiger partial charge is 0.433 e. The van der Waals surface area contributed by atoms with Gasteiger partial charge in [0.2, 0.25) is 5.82 Å². The first kappa shape index (κ1) is 40.8. The molecule has 20 heteroatoms. The number of carbonyl (C=O) groups is 3. The second-order valence-electron chi connectivity index (χ2n) is 12.9. The number of hydrogen-bond acceptors (Lipinski definition) is 10. The normalized spacial score (nSPS) is 16.3. The van der Waals surface area contributed by atoms with Crippen LogP contribution in [0.1, 0.15) is 42.5 Å². The van der Waals surface area contributed by atoms with E-state index in [0.717, 1.165) is 23.2 Å². The molecule has 2 aromatic carbocycles. The van der Waals surface area contributed by atoms with Crippen molar-refractivity contribution >= 4 is 23.5 Å². The summed E-state index contributed by atoms with van der Waals surface area (Å²) in [5.41, 5.74) is -7.14. The van der Waals surface area contributed by atoms with Crippen LogP contribution in [0, 0.1) is 11.6 Å². The fourth-order valence-corrected chi connectivity index (χ4v) is 6.41. The number of halogens is 8. The summed E-state index contributed by atoms with van der Waals surface area (Å²) in [7, 11) is 4.20. The molecule has 0 unspecified atom stereocenters. The molecule has 2 N–H and O–H groups in total. The number of aliphatic hydroxyl groups excluding tert-OH is 1. The first-order valence-corrected chi connectivity index (χ1v) is 16.5. The SMILES string of the molecule is COC(=O)CN(C)CCOc1ccc(CN2C(=O)C(C(=O)Nc3ccc(C(F)(F)F)cc3-c3cc(C(F)(F)F)ncn3)=C(O)C3(CCCC3)N2C)c(F)c1F. The van der Waals surface area contributed by atoms with Crippen molar-refractivity contribution in [2.45, 2.75) is 50.1 Å². The number of aliphatic hydroxyl groups is 1. The van der Waals surface area contributed by atoms with Crippen molar-refractivity contribution in [3.8, 4) is 17.0 Å². The molecule has 2 amide bonds. The predicted octanol–water partition coefficient (Wildman–Crippen LogP) is 5.90. The summed E-state index contributed by atoms with van der Waals surface area (Å²) >= 11 is 0. The maximum absolute atomic E-state index is 15.5. The molecule has 0 saturated heterocycles. The van der Waals surface area contributed by atoms with E-state index in [4.69, 9.17) is 4.74 Å². The van der Waals surface area contributed by atoms with Crippen molar-refractivity contribution in [3.05, 3.63) is 82.5 Å². The fourth-order valence-electron chi connectivity index (χ4n) is 6.41. The second kappa shape index (κ2) is 15.8. The van der Waals surface area contributed by atoms with E-state index in [-0.39, 0.29) is 38.1 Å². The Morgan fingerprint density at radius 2 is 1.69 bits per heavy atom. The Morgan fingerprint density at radius 1 is 1.00 bits per heavy atom. The number of aromatic nitrogens is 2. The van der Waals surface area contributed by atoms with Gasteiger partial charge in [0.15, 0.2) is 11.6 Å². The number of anilines is 1. The fraction of sp³-hybridized carbons (Fsp3) is 0.400. The van der Waals surface area contributed by atoms with Crippen LogP contribution in [0.2, 0.25) is 0 Å². The highest BCUT2D eigenvalue weighted by Crippen LogP contribution is 2.45. The van der Waals surface area contributed by atoms with E-state index >= 15 is 8.78 Å². The zero-order valence-corrected chi connectivity index (χ0v) is 29.4. The van der Waals surface area contributed by atoms with Gasteiger partial charge >= 0.3 is 18.3 Å². The van der Waals surface area contributed by atoms with Crippen molar-refractivity contribution in [2.75, 3.05) is 46.2 Å². The van der Waals surface area contributed by atoms with Crippen molar-refractivity contribution < 1.29 is 64.1 Å². The second-order valence-corrected chi connectivity index (χ2v) is 12.9. The number of rotatable bonds is 11. The summed E-state index contributed by atoms with van der Waals surface area (Å²) in [6.45, 7) is -0.716. The number of ether oxygens (including phenoxy) is 2. The monoisotopic (exact) mass is 786 g/mol. The Hall–Kier alpha value is -5.37. The number of nitrogens with zero attached hydrogens (tertiary/aromatic N) is 5. The molecule has 5 rings (SSSR count). The minimum absolute atomic E-state index is 0.0746. The molecular formula is C35H34F8N6O6. The van der Waals surface area contributed by atoms with Crippen molar-refractivity contribution in [3.63, 3.8) is 0 Å². The molecular weight excluding hydrogens is 752 g/mol. The topological polar surface area (TPSA) is 137 Å². The van der Waals surface area contributed by atoms with Crippen molar-refractivity contribution in [1.82, 2.24) is 24.9 Å². The Bertz CT molecular complexity index is 2000. The van der Waals surface area contributed by atoms with Gasteiger partial charge in [-0.25, -0.2) is 19.4 Å². The molecule has 12 nitrogen and oxygen atoms in total. The lowest BCUT2D eigenvalue weighted by Crippen LogP contribution is -2.62. The molecule has 1 spiro atoms. The van der Waals surface area contributed by atoms with Crippen LogP contribution in [0.4, 0.5) is 40.8 Å². The lowest BCUT2D eigenvalue weighted by Gasteiger charge is -2.48. The molecule has 296 valence electrons. The van der Waals surface area contributed by atoms with Gasteiger partial charge in [0.25, 0.3) is 11.8 Å². The average molecular weight is 787 g/mol. The number of amides is 2. The van der Waals surface area contributed by atoms with Gasteiger partial charge in [0.05, 0.1) is 42.7 Å². The first-order valence-electron chi connectivity index (χ1n) is 16.5. The number of benzene rings is 2. The van der Waals surface area contributed by atoms with Crippen LogP contribution >= 0.6 is 0 Å². The Labute approximate surface area is 308 Å². The first-order chi connectivity index (χ1) is 25.8. The van der Waals surface area contributed by atoms with Gasteiger partial charge in [-0.2, -0.15) is 30.7 Å². The van der Waals surface area contributed by atoms with Crippen LogP contribution in [0.5, 0.6) is 5.75 Å². The van der Waals surface area contributed by atoms with E-state index in [9.17, 15) is 45.8 Å². The molecule has 1 fully saturated rings. The van der Waals surface area contributed by atoms with Gasteiger partial charge < -0.3 is 19.9 Å². The molecule has 2 aliphatic rings. The van der Waals surface area contributed by atoms with Gasteiger partial charge in [-0.15, -0.1) is 0 Å². The highest BCUT2D eigenvalue weighted by atomic mass is 19.4. The van der Waals surface area contributed by atoms with Crippen LogP contribution in [-0.4, -0.2) is 94.2 Å². The van der Waals surface area contributed by atoms with Crippen molar-refractivity contribution in [2.24, 2.45) is 0 Å². The van der Waals surface area contributed by atoms with E-state index in [2.05, 4.69) is 20.0 Å². The zero-order valence-electron chi connectivity index (χ0n) is 29.4. The predicted molar refractivity (Wildman–Crippen MR) is 177 cm³/mol. The minimum atomic E-state index is -5.00. The average Bonchev–Trinajstić information content (AvgIpc) is 3.63. The Kier molecular flexibility index (Phi) is 11.7. The quantitative estimate of drug-likeness (QED) is 0.138. The number of likely N-dealkylation sites (N-methyl/N-ethyl adjacent to an activating group) is 2. The summed E-state index contributed by atoms with van der Waals surface area (Å²) in [4.78, 5) is 47.7. The minimum Gasteiger partial charge on any atom is -0.509 e. The highest BCUT2D eigenvalue weighted by molar-refractivity contribution is 6.24. The molecule has 2 heterocycles. The molecule has 0 bridgehead atoms. The van der Waals surface area contributed by atoms with E-state index in [1.54, 1.807) is 7.05 Å². The number of carbonyl (C=O) groups excluding carboxylic acids is 3. The molecule has 1 aromatic heterocycles. The summed E-state index contributed by atoms with van der Waals surface area (Å²) in [5.74, 6) is -6.98. The number of esters is 1. The summed E-state index contributed by atoms with van der Waals surface area (Å²) in [6.07, 6.45) is -8.03.